The van der Waals surface area contributed by atoms with Crippen molar-refractivity contribution in [3.05, 3.63) is 34.8 Å². The average molecular weight is 462 g/mol. The largest absolute Gasteiger partial charge is 0.495 e. The van der Waals surface area contributed by atoms with Crippen molar-refractivity contribution in [2.75, 3.05) is 30.8 Å². The highest BCUT2D eigenvalue weighted by molar-refractivity contribution is 7.14. The molecule has 2 aromatic rings. The third-order valence-electron chi connectivity index (χ3n) is 4.71. The molecule has 0 bridgehead atoms. The lowest BCUT2D eigenvalue weighted by Gasteiger charge is -2.30. The van der Waals surface area contributed by atoms with Crippen LogP contribution < -0.4 is 20.7 Å². The summed E-state index contributed by atoms with van der Waals surface area (Å²) in [6.45, 7) is 11.1. The SMILES string of the molecule is COc1cc(C(=O)Nc2nc(C(=O)NCCN(C(C)C)C(C)C)cs2)ccc1NC(C)=O. The van der Waals surface area contributed by atoms with Gasteiger partial charge in [0.1, 0.15) is 11.4 Å². The topological polar surface area (TPSA) is 113 Å². The van der Waals surface area contributed by atoms with Gasteiger partial charge in [-0.05, 0) is 45.9 Å². The number of amides is 3. The van der Waals surface area contributed by atoms with Crippen molar-refractivity contribution in [3.8, 4) is 5.75 Å². The Labute approximate surface area is 192 Å². The average Bonchev–Trinajstić information content (AvgIpc) is 3.18. The number of benzene rings is 1. The van der Waals surface area contributed by atoms with Gasteiger partial charge in [0.2, 0.25) is 5.91 Å². The predicted molar refractivity (Wildman–Crippen MR) is 127 cm³/mol. The van der Waals surface area contributed by atoms with Crippen LogP contribution in [0.15, 0.2) is 23.6 Å². The van der Waals surface area contributed by atoms with Crippen LogP contribution in [0.1, 0.15) is 55.5 Å². The van der Waals surface area contributed by atoms with Crippen molar-refractivity contribution in [2.24, 2.45) is 0 Å². The molecule has 0 fully saturated rings. The molecule has 174 valence electrons. The quantitative estimate of drug-likeness (QED) is 0.501. The third-order valence-corrected chi connectivity index (χ3v) is 5.47. The van der Waals surface area contributed by atoms with E-state index in [-0.39, 0.29) is 17.5 Å². The highest BCUT2D eigenvalue weighted by Gasteiger charge is 2.17. The molecule has 0 saturated carbocycles. The molecule has 0 radical (unpaired) electrons. The van der Waals surface area contributed by atoms with E-state index >= 15 is 0 Å². The number of aromatic nitrogens is 1. The summed E-state index contributed by atoms with van der Waals surface area (Å²) in [5.41, 5.74) is 1.06. The maximum atomic E-state index is 12.6. The molecular weight excluding hydrogens is 430 g/mol. The van der Waals surface area contributed by atoms with Crippen LogP contribution >= 0.6 is 11.3 Å². The zero-order valence-corrected chi connectivity index (χ0v) is 20.1. The van der Waals surface area contributed by atoms with Crippen molar-refractivity contribution >= 4 is 39.9 Å². The molecule has 1 aromatic carbocycles. The summed E-state index contributed by atoms with van der Waals surface area (Å²) >= 11 is 1.17. The van der Waals surface area contributed by atoms with Crippen molar-refractivity contribution in [1.82, 2.24) is 15.2 Å². The number of hydrogen-bond acceptors (Lipinski definition) is 7. The van der Waals surface area contributed by atoms with Gasteiger partial charge in [-0.3, -0.25) is 24.6 Å². The molecular formula is C22H31N5O4S. The minimum Gasteiger partial charge on any atom is -0.495 e. The van der Waals surface area contributed by atoms with E-state index in [9.17, 15) is 14.4 Å². The number of carbonyl (C=O) groups excluding carboxylic acids is 3. The Morgan fingerprint density at radius 1 is 1.09 bits per heavy atom. The second kappa shape index (κ2) is 11.6. The van der Waals surface area contributed by atoms with Gasteiger partial charge in [-0.25, -0.2) is 4.98 Å². The fourth-order valence-electron chi connectivity index (χ4n) is 3.23. The van der Waals surface area contributed by atoms with E-state index in [0.717, 1.165) is 6.54 Å². The molecule has 3 N–H and O–H groups in total. The van der Waals surface area contributed by atoms with Crippen LogP contribution in [-0.2, 0) is 4.79 Å². The van der Waals surface area contributed by atoms with E-state index in [2.05, 4.69) is 53.5 Å². The van der Waals surface area contributed by atoms with Gasteiger partial charge in [-0.2, -0.15) is 0 Å². The first-order valence-electron chi connectivity index (χ1n) is 10.4. The molecule has 1 heterocycles. The number of anilines is 2. The van der Waals surface area contributed by atoms with Gasteiger partial charge in [0.25, 0.3) is 11.8 Å². The van der Waals surface area contributed by atoms with Crippen LogP contribution in [0.2, 0.25) is 0 Å². The van der Waals surface area contributed by atoms with Crippen LogP contribution in [0.25, 0.3) is 0 Å². The summed E-state index contributed by atoms with van der Waals surface area (Å²) in [6.07, 6.45) is 0. The monoisotopic (exact) mass is 461 g/mol. The Balaban J connectivity index is 1.97. The minimum atomic E-state index is -0.400. The first kappa shape index (κ1) is 25.3. The second-order valence-corrected chi connectivity index (χ2v) is 8.63. The molecule has 3 amide bonds. The summed E-state index contributed by atoms with van der Waals surface area (Å²) in [6, 6.07) is 5.46. The van der Waals surface area contributed by atoms with E-state index < -0.39 is 5.91 Å². The normalized spacial score (nSPS) is 11.0. The van der Waals surface area contributed by atoms with Crippen LogP contribution in [-0.4, -0.2) is 59.9 Å². The van der Waals surface area contributed by atoms with Gasteiger partial charge in [-0.15, -0.1) is 11.3 Å². The minimum absolute atomic E-state index is 0.241. The molecule has 0 saturated heterocycles. The Kier molecular flexibility index (Phi) is 9.15. The van der Waals surface area contributed by atoms with E-state index in [1.54, 1.807) is 17.5 Å². The van der Waals surface area contributed by atoms with E-state index in [0.29, 0.717) is 40.8 Å². The molecule has 0 aliphatic rings. The van der Waals surface area contributed by atoms with Gasteiger partial charge < -0.3 is 15.4 Å². The van der Waals surface area contributed by atoms with Gasteiger partial charge in [0.15, 0.2) is 5.13 Å². The van der Waals surface area contributed by atoms with E-state index in [4.69, 9.17) is 4.74 Å². The number of nitrogens with one attached hydrogen (secondary N) is 3. The number of methoxy groups -OCH3 is 1. The summed E-state index contributed by atoms with van der Waals surface area (Å²) in [7, 11) is 1.45. The second-order valence-electron chi connectivity index (χ2n) is 7.77. The fraction of sp³-hybridized carbons (Fsp3) is 0.455. The molecule has 0 aliphatic carbocycles. The lowest BCUT2D eigenvalue weighted by molar-refractivity contribution is -0.114. The summed E-state index contributed by atoms with van der Waals surface area (Å²) < 4.78 is 5.24. The number of nitrogens with zero attached hydrogens (tertiary/aromatic N) is 2. The Morgan fingerprint density at radius 3 is 2.38 bits per heavy atom. The predicted octanol–water partition coefficient (Wildman–Crippen LogP) is 3.21. The zero-order chi connectivity index (χ0) is 23.8. The Morgan fingerprint density at radius 2 is 1.78 bits per heavy atom. The lowest BCUT2D eigenvalue weighted by Crippen LogP contribution is -2.42. The molecule has 1 aromatic heterocycles. The molecule has 0 aliphatic heterocycles. The Hall–Kier alpha value is -2.98. The summed E-state index contributed by atoms with van der Waals surface area (Å²) in [4.78, 5) is 42.7. The van der Waals surface area contributed by atoms with Crippen molar-refractivity contribution in [1.29, 1.82) is 0 Å². The number of hydrogen-bond donors (Lipinski definition) is 3. The first-order chi connectivity index (χ1) is 15.1. The molecule has 2 rings (SSSR count). The first-order valence-corrected chi connectivity index (χ1v) is 11.3. The molecule has 0 spiro atoms. The maximum absolute atomic E-state index is 12.6. The highest BCUT2D eigenvalue weighted by atomic mass is 32.1. The van der Waals surface area contributed by atoms with Crippen LogP contribution in [0.5, 0.6) is 5.75 Å². The number of carbonyl (C=O) groups is 3. The lowest BCUT2D eigenvalue weighted by atomic mass is 10.1. The maximum Gasteiger partial charge on any atom is 0.270 e. The van der Waals surface area contributed by atoms with Crippen LogP contribution in [0.3, 0.4) is 0 Å². The summed E-state index contributed by atoms with van der Waals surface area (Å²) in [5, 5.41) is 10.1. The molecule has 10 heteroatoms. The number of thiazole rings is 1. The van der Waals surface area contributed by atoms with E-state index in [1.807, 2.05) is 0 Å². The van der Waals surface area contributed by atoms with Crippen LogP contribution in [0, 0.1) is 0 Å². The number of ether oxygens (including phenoxy) is 1. The summed E-state index contributed by atoms with van der Waals surface area (Å²) in [5.74, 6) is -0.557. The van der Waals surface area contributed by atoms with Crippen molar-refractivity contribution in [3.63, 3.8) is 0 Å². The van der Waals surface area contributed by atoms with Gasteiger partial charge in [0.05, 0.1) is 12.8 Å². The molecule has 9 nitrogen and oxygen atoms in total. The molecule has 0 unspecified atom stereocenters. The van der Waals surface area contributed by atoms with Gasteiger partial charge >= 0.3 is 0 Å². The third kappa shape index (κ3) is 7.03. The van der Waals surface area contributed by atoms with Gasteiger partial charge in [0, 0.05) is 43.0 Å². The standard InChI is InChI=1S/C22H31N5O4S/c1-13(2)27(14(3)4)10-9-23-21(30)18-12-32-22(25-18)26-20(29)16-7-8-17(24-15(5)28)19(11-16)31-6/h7-8,11-14H,9-10H2,1-6H3,(H,23,30)(H,24,28)(H,25,26,29). The van der Waals surface area contributed by atoms with Crippen molar-refractivity contribution in [2.45, 2.75) is 46.7 Å². The highest BCUT2D eigenvalue weighted by Crippen LogP contribution is 2.26. The Bertz CT molecular complexity index is 950. The molecule has 0 atom stereocenters. The van der Waals surface area contributed by atoms with Crippen molar-refractivity contribution < 1.29 is 19.1 Å². The smallest absolute Gasteiger partial charge is 0.270 e. The zero-order valence-electron chi connectivity index (χ0n) is 19.3. The van der Waals surface area contributed by atoms with E-state index in [1.165, 1.54) is 31.4 Å². The fourth-order valence-corrected chi connectivity index (χ4v) is 3.92. The van der Waals surface area contributed by atoms with Crippen LogP contribution in [0.4, 0.5) is 10.8 Å². The van der Waals surface area contributed by atoms with Gasteiger partial charge in [-0.1, -0.05) is 0 Å². The molecule has 32 heavy (non-hydrogen) atoms. The number of rotatable bonds is 10.